The SMILES string of the molecule is Cc1c(C)[n+](C)c(C(CC(=O)O)c2ccc(-c3nc4ccccc4s3)o2)n1O. The molecule has 0 saturated carbocycles. The third kappa shape index (κ3) is 2.95. The van der Waals surface area contributed by atoms with Crippen LogP contribution in [-0.2, 0) is 11.8 Å². The van der Waals surface area contributed by atoms with Gasteiger partial charge in [-0.3, -0.25) is 4.79 Å². The molecule has 2 N–H and O–H groups in total. The molecule has 0 aliphatic rings. The summed E-state index contributed by atoms with van der Waals surface area (Å²) in [7, 11) is 1.80. The number of fused-ring (bicyclic) bond motifs is 1. The molecule has 0 bridgehead atoms. The molecule has 1 unspecified atom stereocenters. The van der Waals surface area contributed by atoms with Crippen molar-refractivity contribution >= 4 is 27.5 Å². The average molecular weight is 398 g/mol. The summed E-state index contributed by atoms with van der Waals surface area (Å²) in [6.07, 6.45) is -0.204. The number of carbonyl (C=O) groups is 1. The Kier molecular flexibility index (Phi) is 4.43. The molecule has 0 aliphatic heterocycles. The van der Waals surface area contributed by atoms with E-state index in [9.17, 15) is 15.1 Å². The predicted molar refractivity (Wildman–Crippen MR) is 104 cm³/mol. The van der Waals surface area contributed by atoms with Gasteiger partial charge in [0.05, 0.1) is 23.7 Å². The van der Waals surface area contributed by atoms with Crippen LogP contribution in [0.25, 0.3) is 21.0 Å². The molecule has 8 heteroatoms. The molecule has 4 rings (SSSR count). The normalized spacial score (nSPS) is 12.5. The van der Waals surface area contributed by atoms with Crippen molar-refractivity contribution in [2.45, 2.75) is 26.2 Å². The number of furan rings is 1. The molecule has 28 heavy (non-hydrogen) atoms. The molecule has 0 fully saturated rings. The Morgan fingerprint density at radius 1 is 1.29 bits per heavy atom. The topological polar surface area (TPSA) is 92.4 Å². The quantitative estimate of drug-likeness (QED) is 0.395. The first-order valence-corrected chi connectivity index (χ1v) is 9.63. The van der Waals surface area contributed by atoms with Crippen LogP contribution in [0, 0.1) is 13.8 Å². The molecular formula is C20H20N3O4S+. The highest BCUT2D eigenvalue weighted by molar-refractivity contribution is 7.21. The fraction of sp³-hybridized carbons (Fsp3) is 0.250. The van der Waals surface area contributed by atoms with Crippen LogP contribution in [0.15, 0.2) is 40.8 Å². The summed E-state index contributed by atoms with van der Waals surface area (Å²) < 4.78 is 9.92. The Labute approximate surface area is 165 Å². The summed E-state index contributed by atoms with van der Waals surface area (Å²) in [4.78, 5) is 16.1. The second-order valence-corrected chi connectivity index (χ2v) is 7.77. The Morgan fingerprint density at radius 2 is 2.04 bits per heavy atom. The number of hydrogen-bond acceptors (Lipinski definition) is 5. The van der Waals surface area contributed by atoms with Gasteiger partial charge in [-0.25, -0.2) is 9.55 Å². The standard InChI is InChI=1S/C20H19N3O4S/c1-11-12(2)23(26)20(22(11)3)13(10-18(24)25)15-8-9-16(27-15)19-21-14-6-4-5-7-17(14)28-19/h4-9,13H,10H2,1-3H3,(H-,24,25,26)/p+1. The highest BCUT2D eigenvalue weighted by Gasteiger charge is 2.36. The van der Waals surface area contributed by atoms with E-state index in [-0.39, 0.29) is 6.42 Å². The predicted octanol–water partition coefficient (Wildman–Crippen LogP) is 3.64. The van der Waals surface area contributed by atoms with Crippen LogP contribution in [-0.4, -0.2) is 26.0 Å². The molecule has 3 aromatic heterocycles. The summed E-state index contributed by atoms with van der Waals surface area (Å²) in [5.74, 6) is -0.0936. The van der Waals surface area contributed by atoms with Gasteiger partial charge in [0.15, 0.2) is 16.5 Å². The number of benzene rings is 1. The van der Waals surface area contributed by atoms with Gasteiger partial charge in [0.1, 0.15) is 17.4 Å². The maximum atomic E-state index is 11.5. The smallest absolute Gasteiger partial charge is 0.307 e. The van der Waals surface area contributed by atoms with Crippen LogP contribution in [0.5, 0.6) is 0 Å². The van der Waals surface area contributed by atoms with Gasteiger partial charge >= 0.3 is 11.8 Å². The Hall–Kier alpha value is -3.13. The van der Waals surface area contributed by atoms with Gasteiger partial charge in [-0.1, -0.05) is 12.1 Å². The maximum Gasteiger partial charge on any atom is 0.307 e. The number of rotatable bonds is 5. The number of aliphatic carboxylic acids is 1. The highest BCUT2D eigenvalue weighted by atomic mass is 32.1. The fourth-order valence-corrected chi connectivity index (χ4v) is 4.32. The van der Waals surface area contributed by atoms with Crippen molar-refractivity contribution in [3.8, 4) is 10.8 Å². The number of thiazole rings is 1. The molecule has 0 spiro atoms. The second-order valence-electron chi connectivity index (χ2n) is 6.74. The zero-order chi connectivity index (χ0) is 20.0. The largest absolute Gasteiger partial charge is 0.481 e. The number of aromatic nitrogens is 3. The summed E-state index contributed by atoms with van der Waals surface area (Å²) in [5, 5.41) is 20.7. The van der Waals surface area contributed by atoms with E-state index in [1.807, 2.05) is 31.2 Å². The Bertz CT molecular complexity index is 1130. The first kappa shape index (κ1) is 18.2. The third-order valence-electron chi connectivity index (χ3n) is 5.07. The van der Waals surface area contributed by atoms with E-state index in [1.54, 1.807) is 30.7 Å². The van der Waals surface area contributed by atoms with E-state index in [0.717, 1.165) is 25.6 Å². The van der Waals surface area contributed by atoms with Gasteiger partial charge in [-0.05, 0) is 29.0 Å². The van der Waals surface area contributed by atoms with Crippen molar-refractivity contribution in [3.63, 3.8) is 0 Å². The van der Waals surface area contributed by atoms with Gasteiger partial charge in [0.25, 0.3) is 0 Å². The van der Waals surface area contributed by atoms with Crippen LogP contribution in [0.2, 0.25) is 0 Å². The van der Waals surface area contributed by atoms with Gasteiger partial charge < -0.3 is 14.7 Å². The molecule has 3 heterocycles. The number of nitrogens with zero attached hydrogens (tertiary/aromatic N) is 3. The molecule has 0 saturated heterocycles. The lowest BCUT2D eigenvalue weighted by Crippen LogP contribution is -2.37. The Morgan fingerprint density at radius 3 is 2.68 bits per heavy atom. The molecule has 7 nitrogen and oxygen atoms in total. The number of carboxylic acids is 1. The van der Waals surface area contributed by atoms with Crippen molar-refractivity contribution in [2.24, 2.45) is 7.05 Å². The lowest BCUT2D eigenvalue weighted by atomic mass is 10.0. The van der Waals surface area contributed by atoms with Crippen molar-refractivity contribution in [3.05, 3.63) is 59.4 Å². The maximum absolute atomic E-state index is 11.5. The lowest BCUT2D eigenvalue weighted by molar-refractivity contribution is -0.687. The molecule has 4 aromatic rings. The third-order valence-corrected chi connectivity index (χ3v) is 6.12. The molecule has 1 aromatic carbocycles. The summed E-state index contributed by atoms with van der Waals surface area (Å²) in [6.45, 7) is 3.66. The molecule has 0 aliphatic carbocycles. The second kappa shape index (κ2) is 6.79. The van der Waals surface area contributed by atoms with E-state index in [2.05, 4.69) is 4.98 Å². The van der Waals surface area contributed by atoms with Crippen LogP contribution in [0.3, 0.4) is 0 Å². The van der Waals surface area contributed by atoms with E-state index in [1.165, 1.54) is 11.3 Å². The highest BCUT2D eigenvalue weighted by Crippen LogP contribution is 2.35. The van der Waals surface area contributed by atoms with Crippen molar-refractivity contribution in [1.29, 1.82) is 0 Å². The minimum atomic E-state index is -0.973. The van der Waals surface area contributed by atoms with E-state index >= 15 is 0 Å². The fourth-order valence-electron chi connectivity index (χ4n) is 3.39. The van der Waals surface area contributed by atoms with E-state index in [0.29, 0.717) is 23.0 Å². The van der Waals surface area contributed by atoms with Crippen LogP contribution >= 0.6 is 11.3 Å². The first-order chi connectivity index (χ1) is 13.4. The monoisotopic (exact) mass is 398 g/mol. The molecular weight excluding hydrogens is 378 g/mol. The summed E-state index contributed by atoms with van der Waals surface area (Å²) >= 11 is 1.52. The summed E-state index contributed by atoms with van der Waals surface area (Å²) in [6, 6.07) is 11.4. The van der Waals surface area contributed by atoms with Gasteiger partial charge in [-0.15, -0.1) is 11.3 Å². The zero-order valence-corrected chi connectivity index (χ0v) is 16.5. The molecule has 0 amide bonds. The van der Waals surface area contributed by atoms with Gasteiger partial charge in [0.2, 0.25) is 0 Å². The number of para-hydroxylation sites is 1. The summed E-state index contributed by atoms with van der Waals surface area (Å²) in [5.41, 5.74) is 2.40. The molecule has 1 atom stereocenters. The average Bonchev–Trinajstić information content (AvgIpc) is 3.35. The van der Waals surface area contributed by atoms with Crippen molar-refractivity contribution < 1.29 is 24.1 Å². The molecule has 0 radical (unpaired) electrons. The molecule has 144 valence electrons. The van der Waals surface area contributed by atoms with Gasteiger partial charge in [0, 0.05) is 13.8 Å². The van der Waals surface area contributed by atoms with Crippen LogP contribution in [0.4, 0.5) is 0 Å². The zero-order valence-electron chi connectivity index (χ0n) is 15.7. The van der Waals surface area contributed by atoms with E-state index in [4.69, 9.17) is 4.42 Å². The first-order valence-electron chi connectivity index (χ1n) is 8.81. The van der Waals surface area contributed by atoms with Crippen LogP contribution < -0.4 is 4.57 Å². The number of hydrogen-bond donors (Lipinski definition) is 2. The van der Waals surface area contributed by atoms with Crippen molar-refractivity contribution in [1.82, 2.24) is 9.71 Å². The van der Waals surface area contributed by atoms with Crippen LogP contribution in [0.1, 0.15) is 35.3 Å². The minimum absolute atomic E-state index is 0.204. The lowest BCUT2D eigenvalue weighted by Gasteiger charge is -2.09. The van der Waals surface area contributed by atoms with Crippen molar-refractivity contribution in [2.75, 3.05) is 0 Å². The minimum Gasteiger partial charge on any atom is -0.481 e. The number of imidazole rings is 1. The Balaban J connectivity index is 1.78. The number of carboxylic acid groups (broad SMARTS) is 1. The van der Waals surface area contributed by atoms with E-state index < -0.39 is 11.9 Å². The van der Waals surface area contributed by atoms with Gasteiger partial charge in [-0.2, -0.15) is 0 Å².